The first-order chi connectivity index (χ1) is 16.2. The summed E-state index contributed by atoms with van der Waals surface area (Å²) in [6.45, 7) is 3.67. The van der Waals surface area contributed by atoms with Crippen molar-refractivity contribution in [1.82, 2.24) is 15.5 Å². The summed E-state index contributed by atoms with van der Waals surface area (Å²) in [7, 11) is 0. The zero-order valence-electron chi connectivity index (χ0n) is 19.3. The molecule has 0 unspecified atom stereocenters. The number of Topliss-reactive ketones (excluding diaryl/α,β-unsaturated/α-hetero) is 1. The standard InChI is InChI=1S/C25H29FN4O4/c1-16(31)20-6-3-7-22(14-20)28-25(34)29-23(27-17(2)32)24(33)30-12-4-5-19(15-30)13-18-8-10-21(26)11-9-18/h3,6-11,14,19,23H,4-5,12-13,15H2,1-2H3,(H,27,32)(H2,28,29,34)/t19-,23+/m0/s1. The number of carbonyl (C=O) groups excluding carboxylic acids is 4. The molecule has 9 heteroatoms. The normalized spacial score (nSPS) is 16.3. The molecule has 1 aliphatic heterocycles. The summed E-state index contributed by atoms with van der Waals surface area (Å²) < 4.78 is 13.2. The second-order valence-electron chi connectivity index (χ2n) is 8.49. The van der Waals surface area contributed by atoms with Crippen LogP contribution in [0.5, 0.6) is 0 Å². The summed E-state index contributed by atoms with van der Waals surface area (Å²) in [5, 5.41) is 7.60. The van der Waals surface area contributed by atoms with E-state index in [-0.39, 0.29) is 17.5 Å². The topological polar surface area (TPSA) is 108 Å². The molecule has 0 spiro atoms. The van der Waals surface area contributed by atoms with Crippen molar-refractivity contribution >= 4 is 29.3 Å². The number of nitrogens with one attached hydrogen (secondary N) is 3. The lowest BCUT2D eigenvalue weighted by Crippen LogP contribution is -2.59. The van der Waals surface area contributed by atoms with Crippen LogP contribution in [0.25, 0.3) is 0 Å². The largest absolute Gasteiger partial charge is 0.339 e. The van der Waals surface area contributed by atoms with E-state index in [2.05, 4.69) is 16.0 Å². The average molecular weight is 469 g/mol. The number of likely N-dealkylation sites (tertiary alicyclic amines) is 1. The third kappa shape index (κ3) is 7.13. The Bertz CT molecular complexity index is 1060. The van der Waals surface area contributed by atoms with Gasteiger partial charge in [0.05, 0.1) is 0 Å². The van der Waals surface area contributed by atoms with Crippen LogP contribution in [0.15, 0.2) is 48.5 Å². The van der Waals surface area contributed by atoms with Gasteiger partial charge in [-0.05, 0) is 61.9 Å². The molecule has 4 amide bonds. The number of anilines is 1. The lowest BCUT2D eigenvalue weighted by atomic mass is 9.91. The molecule has 0 aromatic heterocycles. The molecular formula is C25H29FN4O4. The number of amides is 4. The van der Waals surface area contributed by atoms with Gasteiger partial charge in [0.1, 0.15) is 5.82 Å². The number of benzene rings is 2. The molecule has 1 aliphatic rings. The van der Waals surface area contributed by atoms with Gasteiger partial charge in [-0.15, -0.1) is 0 Å². The Morgan fingerprint density at radius 2 is 1.79 bits per heavy atom. The van der Waals surface area contributed by atoms with E-state index in [9.17, 15) is 23.6 Å². The molecule has 0 saturated carbocycles. The van der Waals surface area contributed by atoms with Crippen LogP contribution in [0.1, 0.15) is 42.6 Å². The van der Waals surface area contributed by atoms with Crippen molar-refractivity contribution in [2.24, 2.45) is 5.92 Å². The van der Waals surface area contributed by atoms with Crippen molar-refractivity contribution in [1.29, 1.82) is 0 Å². The fourth-order valence-electron chi connectivity index (χ4n) is 4.05. The fourth-order valence-corrected chi connectivity index (χ4v) is 4.05. The van der Waals surface area contributed by atoms with E-state index in [0.29, 0.717) is 30.8 Å². The first-order valence-corrected chi connectivity index (χ1v) is 11.2. The smallest absolute Gasteiger partial charge is 0.321 e. The second-order valence-corrected chi connectivity index (χ2v) is 8.49. The van der Waals surface area contributed by atoms with Crippen molar-refractivity contribution in [3.8, 4) is 0 Å². The molecule has 2 aromatic carbocycles. The van der Waals surface area contributed by atoms with Gasteiger partial charge in [-0.25, -0.2) is 9.18 Å². The molecule has 1 saturated heterocycles. The van der Waals surface area contributed by atoms with Gasteiger partial charge in [0.15, 0.2) is 11.9 Å². The van der Waals surface area contributed by atoms with Gasteiger partial charge in [0.2, 0.25) is 5.91 Å². The second kappa shape index (κ2) is 11.4. The predicted octanol–water partition coefficient (Wildman–Crippen LogP) is 3.09. The maximum absolute atomic E-state index is 13.2. The van der Waals surface area contributed by atoms with Gasteiger partial charge in [0.25, 0.3) is 5.91 Å². The van der Waals surface area contributed by atoms with E-state index in [4.69, 9.17) is 0 Å². The van der Waals surface area contributed by atoms with Gasteiger partial charge in [-0.1, -0.05) is 24.3 Å². The van der Waals surface area contributed by atoms with Crippen LogP contribution in [0.3, 0.4) is 0 Å². The van der Waals surface area contributed by atoms with Crippen molar-refractivity contribution in [3.63, 3.8) is 0 Å². The van der Waals surface area contributed by atoms with Crippen LogP contribution >= 0.6 is 0 Å². The van der Waals surface area contributed by atoms with Crippen molar-refractivity contribution in [2.75, 3.05) is 18.4 Å². The molecule has 3 rings (SSSR count). The molecule has 34 heavy (non-hydrogen) atoms. The summed E-state index contributed by atoms with van der Waals surface area (Å²) in [5.41, 5.74) is 1.81. The summed E-state index contributed by atoms with van der Waals surface area (Å²) in [6, 6.07) is 12.0. The zero-order valence-corrected chi connectivity index (χ0v) is 19.3. The maximum Gasteiger partial charge on any atom is 0.321 e. The van der Waals surface area contributed by atoms with Gasteiger partial charge in [-0.2, -0.15) is 0 Å². The Hall–Kier alpha value is -3.75. The number of hydrogen-bond donors (Lipinski definition) is 3. The highest BCUT2D eigenvalue weighted by atomic mass is 19.1. The van der Waals surface area contributed by atoms with Gasteiger partial charge >= 0.3 is 6.03 Å². The first-order valence-electron chi connectivity index (χ1n) is 11.2. The molecule has 0 radical (unpaired) electrons. The number of halogens is 1. The number of piperidine rings is 1. The summed E-state index contributed by atoms with van der Waals surface area (Å²) in [4.78, 5) is 50.6. The summed E-state index contributed by atoms with van der Waals surface area (Å²) >= 11 is 0. The number of ketones is 1. The molecule has 2 aromatic rings. The van der Waals surface area contributed by atoms with Crippen LogP contribution in [0.4, 0.5) is 14.9 Å². The third-order valence-corrected chi connectivity index (χ3v) is 5.67. The Balaban J connectivity index is 1.64. The molecule has 3 N–H and O–H groups in total. The number of nitrogens with zero attached hydrogens (tertiary/aromatic N) is 1. The average Bonchev–Trinajstić information content (AvgIpc) is 2.79. The molecular weight excluding hydrogens is 439 g/mol. The highest BCUT2D eigenvalue weighted by Gasteiger charge is 2.30. The Morgan fingerprint density at radius 3 is 2.47 bits per heavy atom. The molecule has 180 valence electrons. The van der Waals surface area contributed by atoms with E-state index >= 15 is 0 Å². The Morgan fingerprint density at radius 1 is 1.06 bits per heavy atom. The number of hydrogen-bond acceptors (Lipinski definition) is 4. The van der Waals surface area contributed by atoms with Crippen molar-refractivity contribution < 1.29 is 23.6 Å². The van der Waals surface area contributed by atoms with Crippen molar-refractivity contribution in [3.05, 3.63) is 65.5 Å². The maximum atomic E-state index is 13.2. The monoisotopic (exact) mass is 468 g/mol. The van der Waals surface area contributed by atoms with Gasteiger partial charge in [0, 0.05) is 31.3 Å². The minimum Gasteiger partial charge on any atom is -0.339 e. The minimum atomic E-state index is -1.24. The minimum absolute atomic E-state index is 0.143. The molecule has 8 nitrogen and oxygen atoms in total. The lowest BCUT2D eigenvalue weighted by molar-refractivity contribution is -0.138. The molecule has 1 heterocycles. The SMILES string of the molecule is CC(=O)N[C@H](NC(=O)Nc1cccc(C(C)=O)c1)C(=O)N1CCC[C@@H](Cc2ccc(F)cc2)C1. The molecule has 1 fully saturated rings. The molecule has 0 aliphatic carbocycles. The van der Waals surface area contributed by atoms with E-state index in [1.54, 1.807) is 35.2 Å². The highest BCUT2D eigenvalue weighted by Crippen LogP contribution is 2.21. The number of carbonyl (C=O) groups is 4. The predicted molar refractivity (Wildman–Crippen MR) is 126 cm³/mol. The zero-order chi connectivity index (χ0) is 24.7. The highest BCUT2D eigenvalue weighted by molar-refractivity contribution is 5.98. The van der Waals surface area contributed by atoms with Crippen LogP contribution < -0.4 is 16.0 Å². The quantitative estimate of drug-likeness (QED) is 0.429. The van der Waals surface area contributed by atoms with E-state index in [0.717, 1.165) is 18.4 Å². The van der Waals surface area contributed by atoms with Crippen molar-refractivity contribution in [2.45, 2.75) is 39.3 Å². The Labute approximate surface area is 197 Å². The van der Waals surface area contributed by atoms with E-state index in [1.165, 1.54) is 32.0 Å². The lowest BCUT2D eigenvalue weighted by Gasteiger charge is -2.35. The van der Waals surface area contributed by atoms with Gasteiger partial charge < -0.3 is 20.9 Å². The number of rotatable bonds is 7. The van der Waals surface area contributed by atoms with Crippen LogP contribution in [0, 0.1) is 11.7 Å². The van der Waals surface area contributed by atoms with E-state index in [1.807, 2.05) is 0 Å². The Kier molecular flexibility index (Phi) is 8.34. The third-order valence-electron chi connectivity index (χ3n) is 5.67. The summed E-state index contributed by atoms with van der Waals surface area (Å²) in [6.07, 6.45) is 1.17. The fraction of sp³-hybridized carbons (Fsp3) is 0.360. The summed E-state index contributed by atoms with van der Waals surface area (Å²) in [5.74, 6) is -1.12. The van der Waals surface area contributed by atoms with Crippen LogP contribution in [-0.2, 0) is 16.0 Å². The number of urea groups is 1. The van der Waals surface area contributed by atoms with E-state index < -0.39 is 24.0 Å². The molecule has 2 atom stereocenters. The van der Waals surface area contributed by atoms with Crippen LogP contribution in [0.2, 0.25) is 0 Å². The van der Waals surface area contributed by atoms with Crippen LogP contribution in [-0.4, -0.2) is 47.8 Å². The van der Waals surface area contributed by atoms with Gasteiger partial charge in [-0.3, -0.25) is 14.4 Å². The molecule has 0 bridgehead atoms. The first kappa shape index (κ1) is 24.9.